The maximum absolute atomic E-state index is 6.04. The molecule has 0 amide bonds. The molecule has 1 heterocycles. The maximum atomic E-state index is 6.04. The molecule has 0 radical (unpaired) electrons. The molecule has 0 aliphatic rings. The number of ether oxygens (including phenoxy) is 1. The summed E-state index contributed by atoms with van der Waals surface area (Å²) in [5, 5.41) is 7.80. The molecule has 0 saturated heterocycles. The molecule has 0 spiro atoms. The van der Waals surface area contributed by atoms with Gasteiger partial charge in [0.15, 0.2) is 6.61 Å². The van der Waals surface area contributed by atoms with Crippen LogP contribution < -0.4 is 10.1 Å². The predicted molar refractivity (Wildman–Crippen MR) is 76.7 cm³/mol. The van der Waals surface area contributed by atoms with Gasteiger partial charge >= 0.3 is 0 Å². The lowest BCUT2D eigenvalue weighted by molar-refractivity contribution is 0.282. The van der Waals surface area contributed by atoms with Crippen molar-refractivity contribution in [1.82, 2.24) is 15.5 Å². The topological polar surface area (TPSA) is 60.2 Å². The number of hydrogen-bond donors (Lipinski definition) is 1. The van der Waals surface area contributed by atoms with Crippen LogP contribution in [0.25, 0.3) is 0 Å². The summed E-state index contributed by atoms with van der Waals surface area (Å²) in [7, 11) is 0. The molecule has 0 bridgehead atoms. The highest BCUT2D eigenvalue weighted by molar-refractivity contribution is 6.30. The van der Waals surface area contributed by atoms with Crippen molar-refractivity contribution in [2.45, 2.75) is 39.5 Å². The third kappa shape index (κ3) is 4.51. The van der Waals surface area contributed by atoms with Gasteiger partial charge in [-0.1, -0.05) is 16.8 Å². The minimum Gasteiger partial charge on any atom is -0.485 e. The summed E-state index contributed by atoms with van der Waals surface area (Å²) in [6.45, 7) is 7.26. The van der Waals surface area contributed by atoms with E-state index >= 15 is 0 Å². The van der Waals surface area contributed by atoms with Gasteiger partial charge in [-0.3, -0.25) is 0 Å². The van der Waals surface area contributed by atoms with E-state index in [2.05, 4.69) is 40.8 Å². The van der Waals surface area contributed by atoms with Crippen LogP contribution in [-0.4, -0.2) is 15.7 Å². The van der Waals surface area contributed by atoms with E-state index in [0.29, 0.717) is 17.4 Å². The van der Waals surface area contributed by atoms with E-state index in [1.54, 1.807) is 6.07 Å². The molecule has 1 N–H and O–H groups in total. The Balaban J connectivity index is 2.07. The van der Waals surface area contributed by atoms with E-state index in [0.717, 1.165) is 11.3 Å². The van der Waals surface area contributed by atoms with Gasteiger partial charge in [0.25, 0.3) is 0 Å². The molecule has 0 fully saturated rings. The fourth-order valence-corrected chi connectivity index (χ4v) is 1.78. The second-order valence-corrected chi connectivity index (χ2v) is 5.93. The first-order valence-corrected chi connectivity index (χ1v) is 6.73. The van der Waals surface area contributed by atoms with Gasteiger partial charge in [-0.2, -0.15) is 4.98 Å². The van der Waals surface area contributed by atoms with Crippen molar-refractivity contribution in [3.63, 3.8) is 0 Å². The monoisotopic (exact) mass is 295 g/mol. The van der Waals surface area contributed by atoms with Crippen molar-refractivity contribution >= 4 is 11.6 Å². The maximum Gasteiger partial charge on any atom is 0.213 e. The van der Waals surface area contributed by atoms with Crippen LogP contribution in [0.4, 0.5) is 0 Å². The van der Waals surface area contributed by atoms with Crippen molar-refractivity contribution < 1.29 is 9.26 Å². The van der Waals surface area contributed by atoms with Crippen molar-refractivity contribution in [2.24, 2.45) is 0 Å². The number of hydrogen-bond acceptors (Lipinski definition) is 5. The molecule has 0 aliphatic heterocycles. The summed E-state index contributed by atoms with van der Waals surface area (Å²) in [6, 6.07) is 5.54. The fraction of sp³-hybridized carbons (Fsp3) is 0.429. The largest absolute Gasteiger partial charge is 0.485 e. The Kier molecular flexibility index (Phi) is 4.62. The Hall–Kier alpha value is -1.59. The Morgan fingerprint density at radius 2 is 2.15 bits per heavy atom. The lowest BCUT2D eigenvalue weighted by atomic mass is 10.1. The normalized spacial score (nSPS) is 11.6. The van der Waals surface area contributed by atoms with Gasteiger partial charge in [-0.15, -0.1) is 0 Å². The Morgan fingerprint density at radius 3 is 2.80 bits per heavy atom. The average Bonchev–Trinajstić information content (AvgIpc) is 2.87. The first-order valence-electron chi connectivity index (χ1n) is 6.35. The molecule has 108 valence electrons. The second-order valence-electron chi connectivity index (χ2n) is 5.49. The summed E-state index contributed by atoms with van der Waals surface area (Å²) >= 11 is 6.04. The smallest absolute Gasteiger partial charge is 0.213 e. The van der Waals surface area contributed by atoms with Crippen LogP contribution in [0.3, 0.4) is 0 Å². The lowest BCUT2D eigenvalue weighted by Gasteiger charge is -2.21. The Labute approximate surface area is 123 Å². The molecule has 0 atom stereocenters. The predicted octanol–water partition coefficient (Wildman–Crippen LogP) is 3.19. The molecule has 0 aliphatic carbocycles. The van der Waals surface area contributed by atoms with E-state index in [4.69, 9.17) is 16.3 Å². The highest BCUT2D eigenvalue weighted by Crippen LogP contribution is 2.24. The molecule has 1 aromatic heterocycles. The zero-order valence-electron chi connectivity index (χ0n) is 11.8. The van der Waals surface area contributed by atoms with Gasteiger partial charge in [0.1, 0.15) is 5.75 Å². The van der Waals surface area contributed by atoms with E-state index < -0.39 is 0 Å². The molecule has 0 saturated carbocycles. The number of halogens is 1. The average molecular weight is 296 g/mol. The van der Waals surface area contributed by atoms with Gasteiger partial charge in [0.2, 0.25) is 12.2 Å². The summed E-state index contributed by atoms with van der Waals surface area (Å²) < 4.78 is 10.4. The number of rotatable bonds is 5. The summed E-state index contributed by atoms with van der Waals surface area (Å²) in [6.07, 6.45) is 1.28. The molecule has 2 aromatic rings. The molecule has 6 heteroatoms. The number of aromatic nitrogens is 2. The van der Waals surface area contributed by atoms with Crippen molar-refractivity contribution in [2.75, 3.05) is 0 Å². The highest BCUT2D eigenvalue weighted by atomic mass is 35.5. The molecular formula is C14H18ClN3O2. The van der Waals surface area contributed by atoms with Crippen LogP contribution in [0.5, 0.6) is 5.75 Å². The summed E-state index contributed by atoms with van der Waals surface area (Å²) in [5.41, 5.74) is 1.02. The number of nitrogens with zero attached hydrogens (tertiary/aromatic N) is 2. The van der Waals surface area contributed by atoms with Crippen molar-refractivity contribution in [3.05, 3.63) is 41.0 Å². The highest BCUT2D eigenvalue weighted by Gasteiger charge is 2.12. The van der Waals surface area contributed by atoms with Gasteiger partial charge in [0, 0.05) is 22.7 Å². The summed E-state index contributed by atoms with van der Waals surface area (Å²) in [5.74, 6) is 1.27. The van der Waals surface area contributed by atoms with Crippen molar-refractivity contribution in [1.29, 1.82) is 0 Å². The van der Waals surface area contributed by atoms with Crippen LogP contribution in [0.1, 0.15) is 32.2 Å². The minimum absolute atomic E-state index is 0.0211. The van der Waals surface area contributed by atoms with Crippen LogP contribution in [-0.2, 0) is 13.2 Å². The Morgan fingerprint density at radius 1 is 1.35 bits per heavy atom. The van der Waals surface area contributed by atoms with E-state index in [1.807, 2.05) is 12.1 Å². The van der Waals surface area contributed by atoms with Crippen LogP contribution >= 0.6 is 11.6 Å². The second kappa shape index (κ2) is 6.24. The van der Waals surface area contributed by atoms with E-state index in [-0.39, 0.29) is 12.1 Å². The molecule has 2 rings (SSSR count). The number of nitrogens with one attached hydrogen (secondary N) is 1. The zero-order valence-corrected chi connectivity index (χ0v) is 12.6. The first kappa shape index (κ1) is 14.8. The number of benzene rings is 1. The first-order chi connectivity index (χ1) is 9.44. The van der Waals surface area contributed by atoms with Crippen molar-refractivity contribution in [3.8, 4) is 5.75 Å². The molecule has 1 aromatic carbocycles. The molecule has 20 heavy (non-hydrogen) atoms. The van der Waals surface area contributed by atoms with Gasteiger partial charge in [-0.05, 0) is 39.0 Å². The zero-order chi connectivity index (χ0) is 14.6. The van der Waals surface area contributed by atoms with Gasteiger partial charge in [-0.25, -0.2) is 0 Å². The molecule has 0 unspecified atom stereocenters. The van der Waals surface area contributed by atoms with Crippen LogP contribution in [0, 0.1) is 0 Å². The van der Waals surface area contributed by atoms with E-state index in [1.165, 1.54) is 6.39 Å². The Bertz CT molecular complexity index is 550. The third-order valence-corrected chi connectivity index (χ3v) is 2.83. The van der Waals surface area contributed by atoms with Gasteiger partial charge in [0.05, 0.1) is 0 Å². The summed E-state index contributed by atoms with van der Waals surface area (Å²) in [4.78, 5) is 3.92. The standard InChI is InChI=1S/C14H18ClN3O2/c1-14(2,3)17-7-10-6-11(15)4-5-12(10)19-8-13-16-9-20-18-13/h4-6,9,17H,7-8H2,1-3H3. The third-order valence-electron chi connectivity index (χ3n) is 2.60. The van der Waals surface area contributed by atoms with Crippen LogP contribution in [0.2, 0.25) is 5.02 Å². The minimum atomic E-state index is 0.0211. The van der Waals surface area contributed by atoms with Gasteiger partial charge < -0.3 is 14.6 Å². The molecule has 5 nitrogen and oxygen atoms in total. The quantitative estimate of drug-likeness (QED) is 0.918. The van der Waals surface area contributed by atoms with Crippen LogP contribution in [0.15, 0.2) is 29.1 Å². The lowest BCUT2D eigenvalue weighted by Crippen LogP contribution is -2.35. The van der Waals surface area contributed by atoms with E-state index in [9.17, 15) is 0 Å². The SMILES string of the molecule is CC(C)(C)NCc1cc(Cl)ccc1OCc1ncon1. The fourth-order valence-electron chi connectivity index (χ4n) is 1.59. The molecular weight excluding hydrogens is 278 g/mol.